The van der Waals surface area contributed by atoms with E-state index in [2.05, 4.69) is 25.0 Å². The van der Waals surface area contributed by atoms with Crippen molar-refractivity contribution in [2.24, 2.45) is 0 Å². The molecule has 0 saturated carbocycles. The van der Waals surface area contributed by atoms with Gasteiger partial charge in [0.05, 0.1) is 23.6 Å². The van der Waals surface area contributed by atoms with Gasteiger partial charge in [-0.15, -0.1) is 13.2 Å². The van der Waals surface area contributed by atoms with Crippen molar-refractivity contribution in [3.8, 4) is 11.6 Å². The molecule has 0 atom stereocenters. The fourth-order valence-corrected chi connectivity index (χ4v) is 4.07. The molecule has 180 valence electrons. The summed E-state index contributed by atoms with van der Waals surface area (Å²) in [4.78, 5) is 21.1. The minimum atomic E-state index is -4.75. The molecule has 0 spiro atoms. The Bertz CT molecular complexity index is 1120. The summed E-state index contributed by atoms with van der Waals surface area (Å²) in [5.41, 5.74) is 3.43. The number of halogens is 3. The van der Waals surface area contributed by atoms with Crippen molar-refractivity contribution in [1.82, 2.24) is 19.7 Å². The Morgan fingerprint density at radius 3 is 2.38 bits per heavy atom. The predicted octanol–water partition coefficient (Wildman–Crippen LogP) is 3.54. The minimum absolute atomic E-state index is 0.194. The van der Waals surface area contributed by atoms with Gasteiger partial charge in [-0.3, -0.25) is 9.69 Å². The number of carbonyl (C=O) groups is 1. The van der Waals surface area contributed by atoms with Crippen molar-refractivity contribution in [3.05, 3.63) is 60.0 Å². The zero-order valence-electron chi connectivity index (χ0n) is 18.8. The second kappa shape index (κ2) is 9.72. The quantitative estimate of drug-likeness (QED) is 0.589. The zero-order valence-corrected chi connectivity index (χ0v) is 18.8. The van der Waals surface area contributed by atoms with Crippen molar-refractivity contribution in [2.45, 2.75) is 20.2 Å². The third-order valence-corrected chi connectivity index (χ3v) is 5.55. The number of nitrogens with one attached hydrogen (secondary N) is 1. The van der Waals surface area contributed by atoms with E-state index in [1.807, 2.05) is 41.6 Å². The number of ether oxygens (including phenoxy) is 1. The number of aryl methyl sites for hydroxylation is 1. The van der Waals surface area contributed by atoms with Gasteiger partial charge in [0, 0.05) is 38.1 Å². The van der Waals surface area contributed by atoms with E-state index < -0.39 is 6.36 Å². The number of pyridine rings is 1. The number of alkyl halides is 3. The Kier molecular flexibility index (Phi) is 6.73. The van der Waals surface area contributed by atoms with E-state index in [4.69, 9.17) is 0 Å². The lowest BCUT2D eigenvalue weighted by molar-refractivity contribution is -0.274. The molecule has 3 aromatic rings. The number of aromatic nitrogens is 3. The van der Waals surface area contributed by atoms with Gasteiger partial charge in [-0.1, -0.05) is 6.07 Å². The molecule has 34 heavy (non-hydrogen) atoms. The maximum atomic E-state index is 12.4. The largest absolute Gasteiger partial charge is 0.573 e. The highest BCUT2D eigenvalue weighted by Gasteiger charge is 2.31. The molecule has 0 radical (unpaired) electrons. The summed E-state index contributed by atoms with van der Waals surface area (Å²) in [7, 11) is 0. The first-order valence-corrected chi connectivity index (χ1v) is 10.8. The van der Waals surface area contributed by atoms with Crippen molar-refractivity contribution in [1.29, 1.82) is 0 Å². The summed E-state index contributed by atoms with van der Waals surface area (Å²) >= 11 is 0. The van der Waals surface area contributed by atoms with E-state index in [-0.39, 0.29) is 18.2 Å². The molecule has 0 aliphatic carbocycles. The van der Waals surface area contributed by atoms with E-state index in [1.54, 1.807) is 6.20 Å². The van der Waals surface area contributed by atoms with E-state index in [0.717, 1.165) is 48.1 Å². The van der Waals surface area contributed by atoms with Gasteiger partial charge >= 0.3 is 6.36 Å². The molecule has 4 rings (SSSR count). The van der Waals surface area contributed by atoms with Crippen LogP contribution in [0.25, 0.3) is 5.82 Å². The first-order chi connectivity index (χ1) is 16.2. The SMILES string of the molecule is Cc1nn(-c2ccccn2)c(C)c1N1CCN(CC(=O)Nc2ccc(OC(F)(F)F)cc2)CC1. The molecule has 0 unspecified atom stereocenters. The van der Waals surface area contributed by atoms with Crippen molar-refractivity contribution in [3.63, 3.8) is 0 Å². The Morgan fingerprint density at radius 2 is 1.76 bits per heavy atom. The lowest BCUT2D eigenvalue weighted by Crippen LogP contribution is -2.49. The highest BCUT2D eigenvalue weighted by atomic mass is 19.4. The first kappa shape index (κ1) is 23.6. The third kappa shape index (κ3) is 5.66. The predicted molar refractivity (Wildman–Crippen MR) is 121 cm³/mol. The second-order valence-corrected chi connectivity index (χ2v) is 8.00. The van der Waals surface area contributed by atoms with E-state index >= 15 is 0 Å². The first-order valence-electron chi connectivity index (χ1n) is 10.8. The standard InChI is InChI=1S/C23H25F3N6O2/c1-16-22(17(2)32(29-16)20-5-3-4-10-27-20)31-13-11-30(12-14-31)15-21(33)28-18-6-8-19(9-7-18)34-23(24,25)26/h3-10H,11-15H2,1-2H3,(H,28,33). The van der Waals surface area contributed by atoms with Crippen LogP contribution < -0.4 is 15.0 Å². The van der Waals surface area contributed by atoms with Gasteiger partial charge in [-0.25, -0.2) is 9.67 Å². The Hall–Kier alpha value is -3.60. The van der Waals surface area contributed by atoms with E-state index in [9.17, 15) is 18.0 Å². The average Bonchev–Trinajstić information content (AvgIpc) is 3.09. The number of hydrogen-bond acceptors (Lipinski definition) is 6. The average molecular weight is 474 g/mol. The van der Waals surface area contributed by atoms with Gasteiger partial charge in [0.1, 0.15) is 5.75 Å². The molecule has 1 saturated heterocycles. The van der Waals surface area contributed by atoms with Crippen molar-refractivity contribution < 1.29 is 22.7 Å². The van der Waals surface area contributed by atoms with E-state index in [0.29, 0.717) is 18.8 Å². The highest BCUT2D eigenvalue weighted by Crippen LogP contribution is 2.27. The van der Waals surface area contributed by atoms with Crippen LogP contribution in [0.15, 0.2) is 48.7 Å². The number of amides is 1. The zero-order chi connectivity index (χ0) is 24.3. The maximum absolute atomic E-state index is 12.4. The van der Waals surface area contributed by atoms with Crippen LogP contribution in [0.4, 0.5) is 24.5 Å². The van der Waals surface area contributed by atoms with Crippen LogP contribution in [0.3, 0.4) is 0 Å². The summed E-state index contributed by atoms with van der Waals surface area (Å²) in [6.07, 6.45) is -3.01. The molecule has 1 fully saturated rings. The highest BCUT2D eigenvalue weighted by molar-refractivity contribution is 5.92. The van der Waals surface area contributed by atoms with Gasteiger partial charge in [-0.05, 0) is 50.2 Å². The molecule has 1 aliphatic heterocycles. The maximum Gasteiger partial charge on any atom is 0.573 e. The van der Waals surface area contributed by atoms with Gasteiger partial charge < -0.3 is 15.0 Å². The van der Waals surface area contributed by atoms with Gasteiger partial charge in [-0.2, -0.15) is 5.10 Å². The lowest BCUT2D eigenvalue weighted by Gasteiger charge is -2.35. The summed E-state index contributed by atoms with van der Waals surface area (Å²) in [5.74, 6) is 0.203. The van der Waals surface area contributed by atoms with Crippen LogP contribution in [0, 0.1) is 13.8 Å². The number of hydrogen-bond donors (Lipinski definition) is 1. The molecule has 8 nitrogen and oxygen atoms in total. The van der Waals surface area contributed by atoms with Crippen LogP contribution in [-0.4, -0.2) is 64.7 Å². The Balaban J connectivity index is 1.31. The van der Waals surface area contributed by atoms with Gasteiger partial charge in [0.15, 0.2) is 5.82 Å². The van der Waals surface area contributed by atoms with Crippen molar-refractivity contribution >= 4 is 17.3 Å². The minimum Gasteiger partial charge on any atom is -0.406 e. The van der Waals surface area contributed by atoms with Crippen LogP contribution >= 0.6 is 0 Å². The van der Waals surface area contributed by atoms with Crippen LogP contribution in [-0.2, 0) is 4.79 Å². The van der Waals surface area contributed by atoms with Crippen molar-refractivity contribution in [2.75, 3.05) is 42.9 Å². The monoisotopic (exact) mass is 474 g/mol. The second-order valence-electron chi connectivity index (χ2n) is 8.00. The van der Waals surface area contributed by atoms with Crippen LogP contribution in [0.5, 0.6) is 5.75 Å². The smallest absolute Gasteiger partial charge is 0.406 e. The summed E-state index contributed by atoms with van der Waals surface area (Å²) in [6, 6.07) is 10.8. The lowest BCUT2D eigenvalue weighted by atomic mass is 10.2. The molecular formula is C23H25F3N6O2. The number of benzene rings is 1. The fraction of sp³-hybridized carbons (Fsp3) is 0.348. The molecule has 0 bridgehead atoms. The number of nitrogens with zero attached hydrogens (tertiary/aromatic N) is 5. The summed E-state index contributed by atoms with van der Waals surface area (Å²) in [6.45, 7) is 7.07. The Labute approximate surface area is 194 Å². The van der Waals surface area contributed by atoms with Crippen LogP contribution in [0.2, 0.25) is 0 Å². The van der Waals surface area contributed by atoms with Gasteiger partial charge in [0.2, 0.25) is 5.91 Å². The molecule has 1 amide bonds. The summed E-state index contributed by atoms with van der Waals surface area (Å²) < 4.78 is 42.5. The number of piperazine rings is 1. The van der Waals surface area contributed by atoms with Crippen LogP contribution in [0.1, 0.15) is 11.4 Å². The number of carbonyl (C=O) groups excluding carboxylic acids is 1. The third-order valence-electron chi connectivity index (χ3n) is 5.55. The van der Waals surface area contributed by atoms with E-state index in [1.165, 1.54) is 12.1 Å². The summed E-state index contributed by atoms with van der Waals surface area (Å²) in [5, 5.41) is 7.37. The molecular weight excluding hydrogens is 449 g/mol. The topological polar surface area (TPSA) is 75.5 Å². The molecule has 1 aromatic carbocycles. The van der Waals surface area contributed by atoms with Gasteiger partial charge in [0.25, 0.3) is 0 Å². The molecule has 2 aromatic heterocycles. The number of anilines is 2. The molecule has 1 N–H and O–H groups in total. The molecule has 3 heterocycles. The normalized spacial score (nSPS) is 14.8. The Morgan fingerprint density at radius 1 is 1.06 bits per heavy atom. The molecule has 11 heteroatoms. The molecule has 1 aliphatic rings. The fourth-order valence-electron chi connectivity index (χ4n) is 4.07. The number of rotatable bonds is 6.